The van der Waals surface area contributed by atoms with Gasteiger partial charge in [0.25, 0.3) is 11.6 Å². The number of anilines is 1. The van der Waals surface area contributed by atoms with Crippen molar-refractivity contribution >= 4 is 28.2 Å². The average molecular weight is 365 g/mol. The molecule has 0 unspecified atom stereocenters. The van der Waals surface area contributed by atoms with E-state index in [1.807, 2.05) is 18.2 Å². The summed E-state index contributed by atoms with van der Waals surface area (Å²) in [6.07, 6.45) is 1.00. The molecule has 27 heavy (non-hydrogen) atoms. The first-order chi connectivity index (χ1) is 13.1. The van der Waals surface area contributed by atoms with E-state index in [4.69, 9.17) is 0 Å². The van der Waals surface area contributed by atoms with Crippen LogP contribution in [0.25, 0.3) is 10.9 Å². The van der Waals surface area contributed by atoms with E-state index in [1.54, 1.807) is 6.07 Å². The van der Waals surface area contributed by atoms with Crippen molar-refractivity contribution in [3.63, 3.8) is 0 Å². The molecule has 8 heteroatoms. The molecule has 2 aromatic carbocycles. The molecule has 4 rings (SSSR count). The highest BCUT2D eigenvalue weighted by Crippen LogP contribution is 2.24. The fraction of sp³-hybridized carbons (Fsp3) is 0.263. The second kappa shape index (κ2) is 7.06. The lowest BCUT2D eigenvalue weighted by Crippen LogP contribution is -2.31. The van der Waals surface area contributed by atoms with Crippen molar-refractivity contribution in [3.8, 4) is 0 Å². The van der Waals surface area contributed by atoms with Gasteiger partial charge in [-0.05, 0) is 30.5 Å². The Hall–Kier alpha value is -3.42. The van der Waals surface area contributed by atoms with E-state index in [2.05, 4.69) is 32.5 Å². The molecule has 0 bridgehead atoms. The number of aromatic amines is 1. The van der Waals surface area contributed by atoms with Gasteiger partial charge >= 0.3 is 0 Å². The molecule has 3 aromatic rings. The summed E-state index contributed by atoms with van der Waals surface area (Å²) >= 11 is 0. The van der Waals surface area contributed by atoms with Crippen molar-refractivity contribution in [1.29, 1.82) is 0 Å². The highest BCUT2D eigenvalue weighted by Gasteiger charge is 2.24. The summed E-state index contributed by atoms with van der Waals surface area (Å²) < 4.78 is 0. The van der Waals surface area contributed by atoms with Gasteiger partial charge in [0.2, 0.25) is 0 Å². The summed E-state index contributed by atoms with van der Waals surface area (Å²) in [7, 11) is 0. The van der Waals surface area contributed by atoms with Gasteiger partial charge in [-0.15, -0.1) is 0 Å². The maximum atomic E-state index is 12.5. The molecule has 2 heterocycles. The second-order valence-electron chi connectivity index (χ2n) is 6.71. The molecule has 1 saturated heterocycles. The minimum atomic E-state index is -0.481. The van der Waals surface area contributed by atoms with Gasteiger partial charge in [-0.1, -0.05) is 18.2 Å². The maximum absolute atomic E-state index is 12.5. The highest BCUT2D eigenvalue weighted by atomic mass is 16.6. The molecule has 8 nitrogen and oxygen atoms in total. The third-order valence-corrected chi connectivity index (χ3v) is 4.93. The molecule has 138 valence electrons. The van der Waals surface area contributed by atoms with E-state index in [0.29, 0.717) is 23.4 Å². The first kappa shape index (κ1) is 17.0. The summed E-state index contributed by atoms with van der Waals surface area (Å²) in [6.45, 7) is 2.39. The number of nitrogens with zero attached hydrogens (tertiary/aromatic N) is 3. The van der Waals surface area contributed by atoms with Crippen LogP contribution in [0.4, 0.5) is 11.4 Å². The third kappa shape index (κ3) is 3.46. The standard InChI is InChI=1S/C19H19N5O3/c25-19(18-16-10-15(24(26)27)6-7-17(16)21-22-18)20-11-13-8-9-23(12-13)14-4-2-1-3-5-14/h1-7,10,13H,8-9,11-12H2,(H,20,25)(H,21,22)/t13-/m0/s1. The second-order valence-corrected chi connectivity index (χ2v) is 6.71. The minimum Gasteiger partial charge on any atom is -0.371 e. The Morgan fingerprint density at radius 1 is 1.30 bits per heavy atom. The molecular weight excluding hydrogens is 346 g/mol. The zero-order valence-electron chi connectivity index (χ0n) is 14.6. The Labute approximate surface area is 155 Å². The number of fused-ring (bicyclic) bond motifs is 1. The van der Waals surface area contributed by atoms with Gasteiger partial charge in [-0.25, -0.2) is 0 Å². The predicted octanol–water partition coefficient (Wildman–Crippen LogP) is 2.73. The summed E-state index contributed by atoms with van der Waals surface area (Å²) in [6, 6.07) is 14.5. The molecule has 1 fully saturated rings. The van der Waals surface area contributed by atoms with E-state index in [-0.39, 0.29) is 17.3 Å². The largest absolute Gasteiger partial charge is 0.371 e. The lowest BCUT2D eigenvalue weighted by atomic mass is 10.1. The van der Waals surface area contributed by atoms with Crippen LogP contribution in [0, 0.1) is 16.0 Å². The number of H-pyrrole nitrogens is 1. The summed E-state index contributed by atoms with van der Waals surface area (Å²) in [5.41, 5.74) is 1.91. The summed E-state index contributed by atoms with van der Waals surface area (Å²) in [4.78, 5) is 25.3. The van der Waals surface area contributed by atoms with E-state index in [9.17, 15) is 14.9 Å². The van der Waals surface area contributed by atoms with Gasteiger partial charge in [-0.3, -0.25) is 20.0 Å². The van der Waals surface area contributed by atoms with Crippen LogP contribution in [0.15, 0.2) is 48.5 Å². The van der Waals surface area contributed by atoms with Gasteiger partial charge in [-0.2, -0.15) is 5.10 Å². The van der Waals surface area contributed by atoms with Gasteiger partial charge in [0, 0.05) is 42.8 Å². The molecule has 1 aliphatic heterocycles. The van der Waals surface area contributed by atoms with Crippen molar-refractivity contribution in [3.05, 3.63) is 64.3 Å². The van der Waals surface area contributed by atoms with Crippen molar-refractivity contribution in [2.75, 3.05) is 24.5 Å². The van der Waals surface area contributed by atoms with Crippen LogP contribution < -0.4 is 10.2 Å². The number of benzene rings is 2. The zero-order valence-corrected chi connectivity index (χ0v) is 14.6. The Morgan fingerprint density at radius 3 is 2.89 bits per heavy atom. The summed E-state index contributed by atoms with van der Waals surface area (Å²) in [5, 5.41) is 21.1. The summed E-state index contributed by atoms with van der Waals surface area (Å²) in [5.74, 6) is 0.0357. The van der Waals surface area contributed by atoms with Crippen LogP contribution in [-0.2, 0) is 0 Å². The highest BCUT2D eigenvalue weighted by molar-refractivity contribution is 6.05. The zero-order chi connectivity index (χ0) is 18.8. The first-order valence-corrected chi connectivity index (χ1v) is 8.82. The number of rotatable bonds is 5. The number of carbonyl (C=O) groups excluding carboxylic acids is 1. The molecule has 2 N–H and O–H groups in total. The van der Waals surface area contributed by atoms with Crippen molar-refractivity contribution in [2.45, 2.75) is 6.42 Å². The number of para-hydroxylation sites is 1. The Balaban J connectivity index is 1.41. The van der Waals surface area contributed by atoms with E-state index in [0.717, 1.165) is 19.5 Å². The van der Waals surface area contributed by atoms with Crippen LogP contribution in [0.3, 0.4) is 0 Å². The molecule has 0 saturated carbocycles. The molecule has 1 amide bonds. The average Bonchev–Trinajstić information content (AvgIpc) is 3.33. The van der Waals surface area contributed by atoms with Gasteiger partial charge in [0.1, 0.15) is 0 Å². The first-order valence-electron chi connectivity index (χ1n) is 8.82. The predicted molar refractivity (Wildman–Crippen MR) is 102 cm³/mol. The quantitative estimate of drug-likeness (QED) is 0.534. The van der Waals surface area contributed by atoms with Gasteiger partial charge in [0.15, 0.2) is 5.69 Å². The number of aromatic nitrogens is 2. The number of hydrogen-bond donors (Lipinski definition) is 2. The molecule has 1 aliphatic rings. The Bertz CT molecular complexity index is 985. The number of carbonyl (C=O) groups is 1. The number of hydrogen-bond acceptors (Lipinski definition) is 5. The number of nitrogens with one attached hydrogen (secondary N) is 2. The minimum absolute atomic E-state index is 0.0627. The third-order valence-electron chi connectivity index (χ3n) is 4.93. The maximum Gasteiger partial charge on any atom is 0.272 e. The number of nitro groups is 1. The SMILES string of the molecule is O=C(NC[C@@H]1CCN(c2ccccc2)C1)c1n[nH]c2ccc([N+](=O)[O-])cc12. The number of non-ortho nitro benzene ring substituents is 1. The van der Waals surface area contributed by atoms with Crippen molar-refractivity contribution in [2.24, 2.45) is 5.92 Å². The fourth-order valence-electron chi connectivity index (χ4n) is 3.48. The normalized spacial score (nSPS) is 16.6. The van der Waals surface area contributed by atoms with Crippen LogP contribution in [0.2, 0.25) is 0 Å². The van der Waals surface area contributed by atoms with E-state index >= 15 is 0 Å². The van der Waals surface area contributed by atoms with Crippen LogP contribution >= 0.6 is 0 Å². The molecule has 1 atom stereocenters. The number of nitro benzene ring substituents is 1. The monoisotopic (exact) mass is 365 g/mol. The smallest absolute Gasteiger partial charge is 0.272 e. The lowest BCUT2D eigenvalue weighted by Gasteiger charge is -2.18. The van der Waals surface area contributed by atoms with Crippen molar-refractivity contribution < 1.29 is 9.72 Å². The van der Waals surface area contributed by atoms with Crippen molar-refractivity contribution in [1.82, 2.24) is 15.5 Å². The Morgan fingerprint density at radius 2 is 2.11 bits per heavy atom. The van der Waals surface area contributed by atoms with Gasteiger partial charge < -0.3 is 10.2 Å². The van der Waals surface area contributed by atoms with E-state index in [1.165, 1.54) is 17.8 Å². The van der Waals surface area contributed by atoms with Crippen LogP contribution in [0.1, 0.15) is 16.9 Å². The number of amides is 1. The topological polar surface area (TPSA) is 104 Å². The van der Waals surface area contributed by atoms with Crippen LogP contribution in [0.5, 0.6) is 0 Å². The lowest BCUT2D eigenvalue weighted by molar-refractivity contribution is -0.384. The van der Waals surface area contributed by atoms with Gasteiger partial charge in [0.05, 0.1) is 10.4 Å². The molecule has 1 aromatic heterocycles. The molecular formula is C19H19N5O3. The van der Waals surface area contributed by atoms with Crippen LogP contribution in [-0.4, -0.2) is 40.7 Å². The molecule has 0 spiro atoms. The van der Waals surface area contributed by atoms with E-state index < -0.39 is 4.92 Å². The fourth-order valence-corrected chi connectivity index (χ4v) is 3.48. The molecule has 0 aliphatic carbocycles. The Kier molecular flexibility index (Phi) is 4.45. The molecule has 0 radical (unpaired) electrons.